The molecule has 1 aliphatic carbocycles. The second kappa shape index (κ2) is 5.36. The van der Waals surface area contributed by atoms with Gasteiger partial charge in [-0.25, -0.2) is 14.5 Å². The van der Waals surface area contributed by atoms with Crippen LogP contribution in [-0.4, -0.2) is 27.3 Å². The van der Waals surface area contributed by atoms with Crippen molar-refractivity contribution in [3.8, 4) is 5.82 Å². The van der Waals surface area contributed by atoms with Crippen molar-refractivity contribution in [2.45, 2.75) is 25.7 Å². The Bertz CT molecular complexity index is 632. The maximum Gasteiger partial charge on any atom is 0.341 e. The molecule has 1 saturated carbocycles. The SMILES string of the molecule is CCOC(=O)c1cnn(-c2ccc(Br)cn2)c1C1CC1. The van der Waals surface area contributed by atoms with E-state index in [4.69, 9.17) is 4.74 Å². The van der Waals surface area contributed by atoms with Crippen molar-refractivity contribution in [1.82, 2.24) is 14.8 Å². The van der Waals surface area contributed by atoms with E-state index in [9.17, 15) is 4.79 Å². The molecule has 0 unspecified atom stereocenters. The summed E-state index contributed by atoms with van der Waals surface area (Å²) in [6, 6.07) is 3.78. The fourth-order valence-corrected chi connectivity index (χ4v) is 2.38. The second-order valence-electron chi connectivity index (χ2n) is 4.68. The lowest BCUT2D eigenvalue weighted by atomic mass is 10.2. The van der Waals surface area contributed by atoms with Gasteiger partial charge in [-0.05, 0) is 47.8 Å². The summed E-state index contributed by atoms with van der Waals surface area (Å²) in [4.78, 5) is 16.3. The number of pyridine rings is 1. The van der Waals surface area contributed by atoms with E-state index in [1.54, 1.807) is 24.0 Å². The average molecular weight is 336 g/mol. The number of rotatable bonds is 4. The minimum Gasteiger partial charge on any atom is -0.462 e. The van der Waals surface area contributed by atoms with Crippen LogP contribution in [0.15, 0.2) is 29.0 Å². The van der Waals surface area contributed by atoms with Crippen molar-refractivity contribution in [1.29, 1.82) is 0 Å². The third kappa shape index (κ3) is 2.47. The molecule has 0 aliphatic heterocycles. The van der Waals surface area contributed by atoms with Gasteiger partial charge >= 0.3 is 5.97 Å². The normalized spacial score (nSPS) is 14.3. The Morgan fingerprint density at radius 3 is 2.85 bits per heavy atom. The minimum atomic E-state index is -0.308. The Morgan fingerprint density at radius 2 is 2.25 bits per heavy atom. The predicted octanol–water partition coefficient (Wildman–Crippen LogP) is 3.08. The maximum absolute atomic E-state index is 12.0. The van der Waals surface area contributed by atoms with Gasteiger partial charge in [0.05, 0.1) is 18.5 Å². The zero-order valence-corrected chi connectivity index (χ0v) is 12.6. The molecule has 6 heteroatoms. The molecule has 1 aliphatic rings. The first-order valence-corrected chi connectivity index (χ1v) is 7.37. The van der Waals surface area contributed by atoms with E-state index in [0.717, 1.165) is 23.0 Å². The fraction of sp³-hybridized carbons (Fsp3) is 0.357. The zero-order valence-electron chi connectivity index (χ0n) is 11.0. The van der Waals surface area contributed by atoms with Crippen molar-refractivity contribution in [3.05, 3.63) is 40.3 Å². The standard InChI is InChI=1S/C14H14BrN3O2/c1-2-20-14(19)11-8-17-18(13(11)9-3-4-9)12-6-5-10(15)7-16-12/h5-9H,2-4H2,1H3. The van der Waals surface area contributed by atoms with Gasteiger partial charge in [-0.2, -0.15) is 5.10 Å². The van der Waals surface area contributed by atoms with E-state index in [0.29, 0.717) is 23.9 Å². The summed E-state index contributed by atoms with van der Waals surface area (Å²) in [5.41, 5.74) is 1.47. The van der Waals surface area contributed by atoms with Crippen LogP contribution in [0.25, 0.3) is 5.82 Å². The summed E-state index contributed by atoms with van der Waals surface area (Å²) in [6.07, 6.45) is 5.45. The number of esters is 1. The number of hydrogen-bond donors (Lipinski definition) is 0. The first-order valence-electron chi connectivity index (χ1n) is 6.57. The third-order valence-corrected chi connectivity index (χ3v) is 3.66. The minimum absolute atomic E-state index is 0.308. The largest absolute Gasteiger partial charge is 0.462 e. The Hall–Kier alpha value is -1.69. The highest BCUT2D eigenvalue weighted by atomic mass is 79.9. The summed E-state index contributed by atoms with van der Waals surface area (Å²) in [7, 11) is 0. The molecular weight excluding hydrogens is 322 g/mol. The first kappa shape index (κ1) is 13.3. The molecule has 2 aromatic heterocycles. The van der Waals surface area contributed by atoms with Gasteiger partial charge in [0.1, 0.15) is 5.56 Å². The van der Waals surface area contributed by atoms with Gasteiger partial charge in [0, 0.05) is 16.6 Å². The zero-order chi connectivity index (χ0) is 14.1. The molecule has 20 heavy (non-hydrogen) atoms. The lowest BCUT2D eigenvalue weighted by molar-refractivity contribution is 0.0525. The number of carbonyl (C=O) groups is 1. The van der Waals surface area contributed by atoms with E-state index in [1.165, 1.54) is 0 Å². The quantitative estimate of drug-likeness (QED) is 0.805. The molecule has 104 valence electrons. The van der Waals surface area contributed by atoms with Crippen LogP contribution in [0.5, 0.6) is 0 Å². The fourth-order valence-electron chi connectivity index (χ4n) is 2.15. The van der Waals surface area contributed by atoms with Gasteiger partial charge in [0.15, 0.2) is 5.82 Å². The van der Waals surface area contributed by atoms with Gasteiger partial charge in [-0.15, -0.1) is 0 Å². The van der Waals surface area contributed by atoms with Crippen molar-refractivity contribution in [3.63, 3.8) is 0 Å². The Balaban J connectivity index is 2.03. The van der Waals surface area contributed by atoms with E-state index in [2.05, 4.69) is 26.0 Å². The number of halogens is 1. The number of aromatic nitrogens is 3. The Morgan fingerprint density at radius 1 is 1.45 bits per heavy atom. The van der Waals surface area contributed by atoms with Gasteiger partial charge in [-0.3, -0.25) is 0 Å². The van der Waals surface area contributed by atoms with Crippen molar-refractivity contribution >= 4 is 21.9 Å². The lowest BCUT2D eigenvalue weighted by Crippen LogP contribution is -2.09. The van der Waals surface area contributed by atoms with Gasteiger partial charge in [-0.1, -0.05) is 0 Å². The molecule has 0 saturated heterocycles. The molecule has 0 radical (unpaired) electrons. The van der Waals surface area contributed by atoms with Crippen molar-refractivity contribution < 1.29 is 9.53 Å². The predicted molar refractivity (Wildman–Crippen MR) is 77.0 cm³/mol. The summed E-state index contributed by atoms with van der Waals surface area (Å²) in [5.74, 6) is 0.783. The average Bonchev–Trinajstić information content (AvgIpc) is 3.19. The van der Waals surface area contributed by atoms with Crippen molar-refractivity contribution in [2.24, 2.45) is 0 Å². The molecular formula is C14H14BrN3O2. The molecule has 2 aromatic rings. The molecule has 0 N–H and O–H groups in total. The number of carbonyl (C=O) groups excluding carboxylic acids is 1. The molecule has 0 amide bonds. The van der Waals surface area contributed by atoms with Crippen molar-refractivity contribution in [2.75, 3.05) is 6.61 Å². The smallest absolute Gasteiger partial charge is 0.341 e. The number of nitrogens with zero attached hydrogens (tertiary/aromatic N) is 3. The topological polar surface area (TPSA) is 57.0 Å². The van der Waals surface area contributed by atoms with Crippen LogP contribution in [0.4, 0.5) is 0 Å². The molecule has 1 fully saturated rings. The highest BCUT2D eigenvalue weighted by molar-refractivity contribution is 9.10. The summed E-state index contributed by atoms with van der Waals surface area (Å²) < 4.78 is 7.75. The molecule has 3 rings (SSSR count). The van der Waals surface area contributed by atoms with Crippen LogP contribution >= 0.6 is 15.9 Å². The third-order valence-electron chi connectivity index (χ3n) is 3.19. The second-order valence-corrected chi connectivity index (χ2v) is 5.60. The van der Waals surface area contributed by atoms with Gasteiger partial charge < -0.3 is 4.74 Å². The summed E-state index contributed by atoms with van der Waals surface area (Å²) in [5, 5.41) is 4.32. The van der Waals surface area contributed by atoms with E-state index in [1.807, 2.05) is 12.1 Å². The van der Waals surface area contributed by atoms with Crippen LogP contribution in [0.3, 0.4) is 0 Å². The first-order chi connectivity index (χ1) is 9.70. The highest BCUT2D eigenvalue weighted by Crippen LogP contribution is 2.42. The van der Waals surface area contributed by atoms with E-state index >= 15 is 0 Å². The number of ether oxygens (including phenoxy) is 1. The van der Waals surface area contributed by atoms with Gasteiger partial charge in [0.2, 0.25) is 0 Å². The summed E-state index contributed by atoms with van der Waals surface area (Å²) in [6.45, 7) is 2.17. The van der Waals surface area contributed by atoms with Crippen LogP contribution < -0.4 is 0 Å². The maximum atomic E-state index is 12.0. The molecule has 5 nitrogen and oxygen atoms in total. The number of hydrogen-bond acceptors (Lipinski definition) is 4. The van der Waals surface area contributed by atoms with E-state index in [-0.39, 0.29) is 5.97 Å². The molecule has 2 heterocycles. The molecule has 0 aromatic carbocycles. The lowest BCUT2D eigenvalue weighted by Gasteiger charge is -2.07. The molecule has 0 atom stereocenters. The molecule has 0 bridgehead atoms. The highest BCUT2D eigenvalue weighted by Gasteiger charge is 2.33. The van der Waals surface area contributed by atoms with Crippen LogP contribution in [-0.2, 0) is 4.74 Å². The van der Waals surface area contributed by atoms with Crippen LogP contribution in [0.1, 0.15) is 41.7 Å². The van der Waals surface area contributed by atoms with Crippen LogP contribution in [0.2, 0.25) is 0 Å². The van der Waals surface area contributed by atoms with E-state index < -0.39 is 0 Å². The Labute approximate surface area is 125 Å². The monoisotopic (exact) mass is 335 g/mol. The van der Waals surface area contributed by atoms with Crippen LogP contribution in [0, 0.1) is 0 Å². The van der Waals surface area contributed by atoms with Gasteiger partial charge in [0.25, 0.3) is 0 Å². The Kier molecular flexibility index (Phi) is 3.56. The molecule has 0 spiro atoms. The summed E-state index contributed by atoms with van der Waals surface area (Å²) >= 11 is 3.36.